The van der Waals surface area contributed by atoms with E-state index in [2.05, 4.69) is 48.3 Å². The van der Waals surface area contributed by atoms with Gasteiger partial charge in [-0.1, -0.05) is 39.0 Å². The standard InChI is InChI=1S/C36H56N4O8/c1-28(36(2,3)4)39-35(41)27-47-22-21-46-20-19-45-18-17-44-16-15-38-25-31(40-37)26-48-32-12-8-11-29(23-32)9-7-10-30-13-14-33(42-5)34(24-30)43-6/h8,11-14,23-25,28H,7,9-10,15-22,26-27,37H2,1-6H3,(H,39,41). The second kappa shape index (κ2) is 23.6. The van der Waals surface area contributed by atoms with Crippen molar-refractivity contribution in [1.82, 2.24) is 5.32 Å². The number of nitrogens with one attached hydrogen (secondary N) is 1. The van der Waals surface area contributed by atoms with Crippen LogP contribution in [0.15, 0.2) is 52.6 Å². The summed E-state index contributed by atoms with van der Waals surface area (Å²) in [6, 6.07) is 14.1. The Balaban J connectivity index is 1.49. The molecule has 2 rings (SSSR count). The first kappa shape index (κ1) is 40.5. The maximum atomic E-state index is 11.9. The molecule has 0 saturated carbocycles. The molecule has 2 aromatic carbocycles. The van der Waals surface area contributed by atoms with Gasteiger partial charge in [0.25, 0.3) is 0 Å². The minimum atomic E-state index is -0.124. The zero-order valence-corrected chi connectivity index (χ0v) is 29.6. The van der Waals surface area contributed by atoms with Crippen molar-refractivity contribution in [3.05, 3.63) is 53.6 Å². The minimum Gasteiger partial charge on any atom is -0.493 e. The fourth-order valence-corrected chi connectivity index (χ4v) is 4.20. The second-order valence-electron chi connectivity index (χ2n) is 12.2. The van der Waals surface area contributed by atoms with Crippen LogP contribution in [0, 0.1) is 5.41 Å². The molecule has 1 atom stereocenters. The molecule has 0 radical (unpaired) electrons. The zero-order chi connectivity index (χ0) is 35.0. The van der Waals surface area contributed by atoms with E-state index in [9.17, 15) is 4.79 Å². The number of ether oxygens (including phenoxy) is 7. The summed E-state index contributed by atoms with van der Waals surface area (Å²) in [7, 11) is 3.28. The number of amides is 1. The molecule has 0 aliphatic rings. The fourth-order valence-electron chi connectivity index (χ4n) is 4.20. The van der Waals surface area contributed by atoms with Crippen molar-refractivity contribution in [2.45, 2.75) is 53.0 Å². The summed E-state index contributed by atoms with van der Waals surface area (Å²) in [5.74, 6) is 7.64. The lowest BCUT2D eigenvalue weighted by Crippen LogP contribution is -2.43. The molecular weight excluding hydrogens is 616 g/mol. The molecule has 48 heavy (non-hydrogen) atoms. The van der Waals surface area contributed by atoms with E-state index in [1.165, 1.54) is 11.1 Å². The third kappa shape index (κ3) is 17.4. The number of aliphatic imine (C=N–C) groups is 1. The van der Waals surface area contributed by atoms with Gasteiger partial charge in [-0.25, -0.2) is 0 Å². The van der Waals surface area contributed by atoms with Gasteiger partial charge in [0.2, 0.25) is 5.91 Å². The van der Waals surface area contributed by atoms with Gasteiger partial charge in [0.1, 0.15) is 24.7 Å². The molecule has 1 unspecified atom stereocenters. The van der Waals surface area contributed by atoms with Gasteiger partial charge >= 0.3 is 0 Å². The number of carbonyl (C=O) groups is 1. The van der Waals surface area contributed by atoms with Gasteiger partial charge in [-0.2, -0.15) is 5.10 Å². The summed E-state index contributed by atoms with van der Waals surface area (Å²) < 4.78 is 38.5. The van der Waals surface area contributed by atoms with Crippen LogP contribution in [0.25, 0.3) is 0 Å². The molecule has 12 nitrogen and oxygen atoms in total. The monoisotopic (exact) mass is 672 g/mol. The average molecular weight is 673 g/mol. The number of carbonyl (C=O) groups excluding carboxylic acids is 1. The summed E-state index contributed by atoms with van der Waals surface area (Å²) in [5, 5.41) is 6.72. The number of hydrogen-bond acceptors (Lipinski definition) is 11. The Morgan fingerprint density at radius 2 is 1.46 bits per heavy atom. The molecule has 0 aromatic heterocycles. The molecule has 0 bridgehead atoms. The Labute approximate surface area is 286 Å². The summed E-state index contributed by atoms with van der Waals surface area (Å²) in [6.07, 6.45) is 4.43. The molecular formula is C36H56N4O8. The Bertz CT molecular complexity index is 1250. The third-order valence-electron chi connectivity index (χ3n) is 7.46. The number of hydrogen-bond donors (Lipinski definition) is 2. The van der Waals surface area contributed by atoms with Crippen molar-refractivity contribution in [1.29, 1.82) is 0 Å². The number of methoxy groups -OCH3 is 2. The number of aryl methyl sites for hydroxylation is 2. The number of hydrazone groups is 1. The van der Waals surface area contributed by atoms with Crippen LogP contribution in [0.3, 0.4) is 0 Å². The van der Waals surface area contributed by atoms with Crippen LogP contribution in [0.1, 0.15) is 45.2 Å². The number of nitrogens with zero attached hydrogens (tertiary/aromatic N) is 2. The van der Waals surface area contributed by atoms with Gasteiger partial charge < -0.3 is 44.3 Å². The van der Waals surface area contributed by atoms with Crippen molar-refractivity contribution in [3.63, 3.8) is 0 Å². The van der Waals surface area contributed by atoms with Crippen molar-refractivity contribution in [2.24, 2.45) is 21.4 Å². The molecule has 0 fully saturated rings. The normalized spacial score (nSPS) is 12.7. The van der Waals surface area contributed by atoms with Crippen LogP contribution in [-0.2, 0) is 36.6 Å². The molecule has 268 valence electrons. The summed E-state index contributed by atoms with van der Waals surface area (Å²) in [4.78, 5) is 16.2. The first-order chi connectivity index (χ1) is 23.2. The predicted octanol–water partition coefficient (Wildman–Crippen LogP) is 4.26. The van der Waals surface area contributed by atoms with Gasteiger partial charge in [0.15, 0.2) is 11.5 Å². The Morgan fingerprint density at radius 1 is 0.833 bits per heavy atom. The predicted molar refractivity (Wildman–Crippen MR) is 189 cm³/mol. The van der Waals surface area contributed by atoms with E-state index < -0.39 is 0 Å². The Hall–Kier alpha value is -3.71. The third-order valence-corrected chi connectivity index (χ3v) is 7.46. The van der Waals surface area contributed by atoms with Gasteiger partial charge in [0.05, 0.1) is 67.0 Å². The highest BCUT2D eigenvalue weighted by Crippen LogP contribution is 2.28. The first-order valence-corrected chi connectivity index (χ1v) is 16.5. The molecule has 2 aromatic rings. The van der Waals surface area contributed by atoms with Crippen LogP contribution in [0.4, 0.5) is 0 Å². The lowest BCUT2D eigenvalue weighted by Gasteiger charge is -2.28. The van der Waals surface area contributed by atoms with E-state index in [4.69, 9.17) is 39.0 Å². The van der Waals surface area contributed by atoms with E-state index >= 15 is 0 Å². The van der Waals surface area contributed by atoms with Crippen LogP contribution in [0.2, 0.25) is 0 Å². The topological polar surface area (TPSA) is 144 Å². The molecule has 0 aliphatic heterocycles. The maximum Gasteiger partial charge on any atom is 0.246 e. The van der Waals surface area contributed by atoms with Crippen LogP contribution < -0.4 is 25.4 Å². The van der Waals surface area contributed by atoms with Gasteiger partial charge in [-0.15, -0.1) is 0 Å². The zero-order valence-electron chi connectivity index (χ0n) is 29.6. The van der Waals surface area contributed by atoms with Crippen molar-refractivity contribution in [2.75, 3.05) is 80.2 Å². The van der Waals surface area contributed by atoms with E-state index in [1.807, 2.05) is 37.3 Å². The largest absolute Gasteiger partial charge is 0.493 e. The molecule has 0 aliphatic carbocycles. The number of benzene rings is 2. The van der Waals surface area contributed by atoms with E-state index in [1.54, 1.807) is 20.4 Å². The summed E-state index contributed by atoms with van der Waals surface area (Å²) in [6.45, 7) is 11.9. The average Bonchev–Trinajstić information content (AvgIpc) is 3.07. The highest BCUT2D eigenvalue weighted by Gasteiger charge is 2.21. The SMILES string of the molecule is COc1ccc(CCCc2cccc(OCC(C=NCCOCCOCCOCCOCC(=O)NC(C)C(C)(C)C)=NN)c2)cc1OC. The minimum absolute atomic E-state index is 0.00416. The molecule has 3 N–H and O–H groups in total. The van der Waals surface area contributed by atoms with Crippen LogP contribution >= 0.6 is 0 Å². The van der Waals surface area contributed by atoms with E-state index in [0.717, 1.165) is 36.5 Å². The molecule has 12 heteroatoms. The van der Waals surface area contributed by atoms with Gasteiger partial charge in [-0.05, 0) is 67.0 Å². The molecule has 0 saturated heterocycles. The number of rotatable bonds is 25. The van der Waals surface area contributed by atoms with Crippen molar-refractivity contribution in [3.8, 4) is 17.2 Å². The molecule has 0 heterocycles. The van der Waals surface area contributed by atoms with Gasteiger partial charge in [0, 0.05) is 12.3 Å². The Kier molecular flexibility index (Phi) is 19.9. The van der Waals surface area contributed by atoms with E-state index in [-0.39, 0.29) is 30.6 Å². The van der Waals surface area contributed by atoms with Gasteiger partial charge in [-0.3, -0.25) is 9.79 Å². The van der Waals surface area contributed by atoms with Crippen molar-refractivity contribution < 1.29 is 38.0 Å². The van der Waals surface area contributed by atoms with Crippen LogP contribution in [0.5, 0.6) is 17.2 Å². The second-order valence-corrected chi connectivity index (χ2v) is 12.2. The fraction of sp³-hybridized carbons (Fsp3) is 0.583. The van der Waals surface area contributed by atoms with Crippen molar-refractivity contribution >= 4 is 17.8 Å². The Morgan fingerprint density at radius 3 is 2.08 bits per heavy atom. The first-order valence-electron chi connectivity index (χ1n) is 16.5. The highest BCUT2D eigenvalue weighted by atomic mass is 16.6. The quantitative estimate of drug-likeness (QED) is 0.0684. The lowest BCUT2D eigenvalue weighted by molar-refractivity contribution is -0.127. The summed E-state index contributed by atoms with van der Waals surface area (Å²) in [5.41, 5.74) is 2.92. The van der Waals surface area contributed by atoms with Crippen LogP contribution in [-0.4, -0.2) is 104 Å². The smallest absolute Gasteiger partial charge is 0.246 e. The molecule has 0 spiro atoms. The summed E-state index contributed by atoms with van der Waals surface area (Å²) >= 11 is 0. The van der Waals surface area contributed by atoms with E-state index in [0.29, 0.717) is 58.5 Å². The number of nitrogens with two attached hydrogens (primary N) is 1. The molecule has 1 amide bonds. The maximum absolute atomic E-state index is 11.9. The lowest BCUT2D eigenvalue weighted by atomic mass is 9.88. The highest BCUT2D eigenvalue weighted by molar-refractivity contribution is 6.31.